The second-order valence-corrected chi connectivity index (χ2v) is 7.24. The van der Waals surface area contributed by atoms with E-state index in [4.69, 9.17) is 5.73 Å². The fourth-order valence-corrected chi connectivity index (χ4v) is 4.75. The summed E-state index contributed by atoms with van der Waals surface area (Å²) in [4.78, 5) is 14.1. The van der Waals surface area contributed by atoms with Crippen LogP contribution in [0.15, 0.2) is 24.4 Å². The van der Waals surface area contributed by atoms with Crippen molar-refractivity contribution in [3.05, 3.63) is 35.5 Å². The first kappa shape index (κ1) is 14.8. The minimum absolute atomic E-state index is 0.0317. The molecule has 1 aromatic heterocycles. The van der Waals surface area contributed by atoms with Crippen LogP contribution in [0.3, 0.4) is 0 Å². The van der Waals surface area contributed by atoms with E-state index in [1.54, 1.807) is 0 Å². The summed E-state index contributed by atoms with van der Waals surface area (Å²) in [5.74, 6) is 0.229. The molecule has 1 saturated heterocycles. The van der Waals surface area contributed by atoms with Crippen LogP contribution in [0.5, 0.6) is 0 Å². The summed E-state index contributed by atoms with van der Waals surface area (Å²) in [5, 5.41) is 1.43. The zero-order chi connectivity index (χ0) is 16.1. The van der Waals surface area contributed by atoms with Crippen molar-refractivity contribution >= 4 is 16.8 Å². The fraction of sp³-hybridized carbons (Fsp3) is 0.526. The van der Waals surface area contributed by atoms with Gasteiger partial charge in [-0.1, -0.05) is 19.1 Å². The van der Waals surface area contributed by atoms with Crippen LogP contribution < -0.4 is 5.73 Å². The van der Waals surface area contributed by atoms with E-state index >= 15 is 0 Å². The van der Waals surface area contributed by atoms with E-state index < -0.39 is 0 Å². The average Bonchev–Trinajstić information content (AvgIpc) is 2.88. The third-order valence-electron chi connectivity index (χ3n) is 5.79. The lowest BCUT2D eigenvalue weighted by atomic mass is 9.72. The molecule has 2 aromatic rings. The minimum Gasteiger partial charge on any atom is -0.369 e. The molecule has 1 amide bonds. The van der Waals surface area contributed by atoms with Crippen molar-refractivity contribution in [3.8, 4) is 0 Å². The van der Waals surface area contributed by atoms with Gasteiger partial charge in [-0.05, 0) is 43.5 Å². The van der Waals surface area contributed by atoms with E-state index in [0.29, 0.717) is 12.0 Å². The number of aromatic nitrogens is 1. The van der Waals surface area contributed by atoms with Crippen LogP contribution in [0.2, 0.25) is 0 Å². The molecule has 0 saturated carbocycles. The summed E-state index contributed by atoms with van der Waals surface area (Å²) in [6, 6.07) is 7.15. The molecule has 3 atom stereocenters. The first-order chi connectivity index (χ1) is 11.1. The smallest absolute Gasteiger partial charge is 0.221 e. The largest absolute Gasteiger partial charge is 0.369 e. The summed E-state index contributed by atoms with van der Waals surface area (Å²) in [6.45, 7) is 4.08. The third-order valence-corrected chi connectivity index (χ3v) is 5.79. The van der Waals surface area contributed by atoms with E-state index in [-0.39, 0.29) is 11.8 Å². The second kappa shape index (κ2) is 5.38. The molecular weight excluding hydrogens is 286 g/mol. The molecule has 1 fully saturated rings. The first-order valence-electron chi connectivity index (χ1n) is 8.70. The Labute approximate surface area is 137 Å². The molecule has 23 heavy (non-hydrogen) atoms. The summed E-state index contributed by atoms with van der Waals surface area (Å²) < 4.78 is 2.40. The van der Waals surface area contributed by atoms with Crippen molar-refractivity contribution < 1.29 is 4.79 Å². The quantitative estimate of drug-likeness (QED) is 0.947. The van der Waals surface area contributed by atoms with Gasteiger partial charge in [-0.2, -0.15) is 0 Å². The number of nitrogens with two attached hydrogens (primary N) is 1. The normalized spacial score (nSPS) is 27.1. The highest BCUT2D eigenvalue weighted by atomic mass is 16.1. The van der Waals surface area contributed by atoms with Gasteiger partial charge in [-0.15, -0.1) is 0 Å². The number of fused-ring (bicyclic) bond motifs is 2. The van der Waals surface area contributed by atoms with Gasteiger partial charge in [0.2, 0.25) is 5.91 Å². The number of carbonyl (C=O) groups is 1. The van der Waals surface area contributed by atoms with Crippen LogP contribution in [-0.4, -0.2) is 35.0 Å². The molecule has 0 radical (unpaired) electrons. The number of carbonyl (C=O) groups excluding carboxylic acids is 1. The standard InChI is InChI=1S/C19H25N3O/c1-3-7-22-11-12-9-17-15(8-13(19(20)23)10-21(17)2)14-5-4-6-16(22)18(12)14/h4-6,11,13,15,17H,3,7-10H2,1-2H3,(H2,20,23)/t13?,15-,17-/m1/s1. The molecule has 4 rings (SSSR count). The van der Waals surface area contributed by atoms with Crippen molar-refractivity contribution in [2.45, 2.75) is 44.7 Å². The first-order valence-corrected chi connectivity index (χ1v) is 8.70. The molecule has 2 aliphatic rings. The maximum Gasteiger partial charge on any atom is 0.221 e. The Morgan fingerprint density at radius 3 is 2.96 bits per heavy atom. The Balaban J connectivity index is 1.84. The van der Waals surface area contributed by atoms with Crippen LogP contribution in [0.25, 0.3) is 10.9 Å². The van der Waals surface area contributed by atoms with E-state index in [1.807, 2.05) is 0 Å². The lowest BCUT2D eigenvalue weighted by Gasteiger charge is -2.44. The molecule has 1 aliphatic carbocycles. The van der Waals surface area contributed by atoms with E-state index in [9.17, 15) is 4.79 Å². The summed E-state index contributed by atoms with van der Waals surface area (Å²) in [6.07, 6.45) is 5.46. The average molecular weight is 311 g/mol. The van der Waals surface area contributed by atoms with Crippen molar-refractivity contribution in [2.75, 3.05) is 13.6 Å². The van der Waals surface area contributed by atoms with Gasteiger partial charge < -0.3 is 15.2 Å². The molecular formula is C19H25N3O. The lowest BCUT2D eigenvalue weighted by Crippen LogP contribution is -2.50. The number of rotatable bonds is 3. The summed E-state index contributed by atoms with van der Waals surface area (Å²) >= 11 is 0. The van der Waals surface area contributed by atoms with Gasteiger partial charge >= 0.3 is 0 Å². The number of hydrogen-bond acceptors (Lipinski definition) is 2. The number of aryl methyl sites for hydroxylation is 1. The highest BCUT2D eigenvalue weighted by Crippen LogP contribution is 2.44. The molecule has 2 heterocycles. The van der Waals surface area contributed by atoms with Crippen molar-refractivity contribution in [3.63, 3.8) is 0 Å². The van der Waals surface area contributed by atoms with Crippen molar-refractivity contribution in [1.29, 1.82) is 0 Å². The summed E-state index contributed by atoms with van der Waals surface area (Å²) in [5.41, 5.74) is 9.85. The summed E-state index contributed by atoms with van der Waals surface area (Å²) in [7, 11) is 2.14. The molecule has 1 aromatic carbocycles. The van der Waals surface area contributed by atoms with Gasteiger partial charge in [-0.3, -0.25) is 4.79 Å². The molecule has 1 unspecified atom stereocenters. The van der Waals surface area contributed by atoms with Crippen LogP contribution in [0.4, 0.5) is 0 Å². The Kier molecular flexibility index (Phi) is 3.45. The van der Waals surface area contributed by atoms with Gasteiger partial charge in [0.15, 0.2) is 0 Å². The number of benzene rings is 1. The molecule has 4 heteroatoms. The Bertz CT molecular complexity index is 763. The zero-order valence-electron chi connectivity index (χ0n) is 14.0. The van der Waals surface area contributed by atoms with Gasteiger partial charge in [0.1, 0.15) is 0 Å². The number of hydrogen-bond donors (Lipinski definition) is 1. The maximum absolute atomic E-state index is 11.7. The van der Waals surface area contributed by atoms with Crippen molar-refractivity contribution in [2.24, 2.45) is 11.7 Å². The van der Waals surface area contributed by atoms with E-state index in [0.717, 1.165) is 32.4 Å². The van der Waals surface area contributed by atoms with Gasteiger partial charge in [-0.25, -0.2) is 0 Å². The number of nitrogens with zero attached hydrogens (tertiary/aromatic N) is 2. The van der Waals surface area contributed by atoms with Gasteiger partial charge in [0, 0.05) is 42.1 Å². The van der Waals surface area contributed by atoms with Crippen LogP contribution in [0, 0.1) is 5.92 Å². The number of likely N-dealkylation sites (N-methyl/N-ethyl adjacent to an activating group) is 1. The molecule has 1 aliphatic heterocycles. The minimum atomic E-state index is -0.156. The predicted molar refractivity (Wildman–Crippen MR) is 92.4 cm³/mol. The van der Waals surface area contributed by atoms with Gasteiger partial charge in [0.25, 0.3) is 0 Å². The SMILES string of the molecule is CCCn1cc2c3c(cccc31)[C@H]1CC(C(N)=O)CN(C)[C@@H]1C2. The molecule has 4 nitrogen and oxygen atoms in total. The number of amides is 1. The Morgan fingerprint density at radius 1 is 1.39 bits per heavy atom. The van der Waals surface area contributed by atoms with Gasteiger partial charge in [0.05, 0.1) is 5.92 Å². The van der Waals surface area contributed by atoms with Crippen LogP contribution in [0.1, 0.15) is 36.8 Å². The van der Waals surface area contributed by atoms with Crippen LogP contribution >= 0.6 is 0 Å². The van der Waals surface area contributed by atoms with E-state index in [2.05, 4.69) is 47.8 Å². The Morgan fingerprint density at radius 2 is 2.22 bits per heavy atom. The molecule has 0 bridgehead atoms. The topological polar surface area (TPSA) is 51.3 Å². The highest BCUT2D eigenvalue weighted by molar-refractivity contribution is 5.89. The molecule has 0 spiro atoms. The number of likely N-dealkylation sites (tertiary alicyclic amines) is 1. The zero-order valence-corrected chi connectivity index (χ0v) is 14.0. The lowest BCUT2D eigenvalue weighted by molar-refractivity contribution is -0.124. The maximum atomic E-state index is 11.7. The van der Waals surface area contributed by atoms with E-state index in [1.165, 1.54) is 22.0 Å². The highest BCUT2D eigenvalue weighted by Gasteiger charge is 2.41. The Hall–Kier alpha value is -1.81. The second-order valence-electron chi connectivity index (χ2n) is 7.24. The van der Waals surface area contributed by atoms with Crippen molar-refractivity contribution in [1.82, 2.24) is 9.47 Å². The predicted octanol–water partition coefficient (Wildman–Crippen LogP) is 2.50. The molecule has 2 N–H and O–H groups in total. The third kappa shape index (κ3) is 2.19. The molecule has 122 valence electrons. The monoisotopic (exact) mass is 311 g/mol. The fourth-order valence-electron chi connectivity index (χ4n) is 4.75. The van der Waals surface area contributed by atoms with Crippen LogP contribution in [-0.2, 0) is 17.8 Å². The number of piperidine rings is 1. The number of primary amides is 1.